The molecule has 8 nitrogen and oxygen atoms in total. The molecular weight excluding hydrogens is 667 g/mol. The number of carbonyl (C=O) groups is 1. The van der Waals surface area contributed by atoms with Crippen molar-refractivity contribution in [1.82, 2.24) is 14.3 Å². The van der Waals surface area contributed by atoms with Crippen molar-refractivity contribution in [2.45, 2.75) is 68.6 Å². The zero-order valence-electron chi connectivity index (χ0n) is 27.8. The number of hydrogen-bond acceptors (Lipinski definition) is 6. The van der Waals surface area contributed by atoms with E-state index in [0.717, 1.165) is 42.8 Å². The van der Waals surface area contributed by atoms with Crippen LogP contribution in [0.25, 0.3) is 0 Å². The Morgan fingerprint density at radius 3 is 2.71 bits per heavy atom. The van der Waals surface area contributed by atoms with Gasteiger partial charge in [-0.15, -0.1) is 0 Å². The van der Waals surface area contributed by atoms with Crippen molar-refractivity contribution < 1.29 is 18.8 Å². The number of nitrogens with one attached hydrogen (secondary N) is 1. The minimum absolute atomic E-state index is 0.0867. The first-order valence-electron chi connectivity index (χ1n) is 16.9. The Labute approximate surface area is 293 Å². The van der Waals surface area contributed by atoms with Crippen molar-refractivity contribution in [3.63, 3.8) is 0 Å². The molecule has 11 heteroatoms. The first-order chi connectivity index (χ1) is 22.8. The summed E-state index contributed by atoms with van der Waals surface area (Å²) in [5, 5.41) is 13.3. The van der Waals surface area contributed by atoms with Gasteiger partial charge in [-0.1, -0.05) is 36.7 Å². The van der Waals surface area contributed by atoms with Gasteiger partial charge in [-0.2, -0.15) is 0 Å². The maximum Gasteiger partial charge on any atom is 0.262 e. The van der Waals surface area contributed by atoms with E-state index < -0.39 is 26.5 Å². The highest BCUT2D eigenvalue weighted by Crippen LogP contribution is 2.51. The third kappa shape index (κ3) is 5.74. The summed E-state index contributed by atoms with van der Waals surface area (Å²) in [5.41, 5.74) is 2.76. The summed E-state index contributed by atoms with van der Waals surface area (Å²) >= 11 is 12.9. The summed E-state index contributed by atoms with van der Waals surface area (Å²) in [6.45, 7) is 5.67. The molecule has 1 saturated carbocycles. The molecule has 2 aliphatic heterocycles. The molecule has 1 fully saturated rings. The van der Waals surface area contributed by atoms with Crippen LogP contribution in [0, 0.1) is 17.8 Å². The Bertz CT molecular complexity index is 1890. The van der Waals surface area contributed by atoms with Crippen molar-refractivity contribution in [3.8, 4) is 5.75 Å². The number of imidazole rings is 1. The van der Waals surface area contributed by atoms with E-state index in [4.69, 9.17) is 27.9 Å². The van der Waals surface area contributed by atoms with E-state index in [-0.39, 0.29) is 23.2 Å². The van der Waals surface area contributed by atoms with Gasteiger partial charge in [0.25, 0.3) is 5.91 Å². The molecule has 0 radical (unpaired) electrons. The van der Waals surface area contributed by atoms with Crippen LogP contribution < -0.4 is 14.4 Å². The second-order valence-electron chi connectivity index (χ2n) is 14.5. The van der Waals surface area contributed by atoms with Gasteiger partial charge in [0.05, 0.1) is 33.9 Å². The minimum Gasteiger partial charge on any atom is -0.490 e. The monoisotopic (exact) mass is 710 g/mol. The summed E-state index contributed by atoms with van der Waals surface area (Å²) in [6.07, 6.45) is 10.8. The van der Waals surface area contributed by atoms with Crippen LogP contribution in [0.1, 0.15) is 73.1 Å². The van der Waals surface area contributed by atoms with Gasteiger partial charge in [0.15, 0.2) is 0 Å². The smallest absolute Gasteiger partial charge is 0.262 e. The van der Waals surface area contributed by atoms with Gasteiger partial charge >= 0.3 is 0 Å². The predicted molar refractivity (Wildman–Crippen MR) is 194 cm³/mol. The minimum atomic E-state index is -3.01. The van der Waals surface area contributed by atoms with E-state index in [9.17, 15) is 14.1 Å². The summed E-state index contributed by atoms with van der Waals surface area (Å²) < 4.78 is 25.1. The van der Waals surface area contributed by atoms with Crippen LogP contribution >= 0.6 is 23.2 Å². The maximum absolute atomic E-state index is 13.9. The van der Waals surface area contributed by atoms with Gasteiger partial charge in [0, 0.05) is 47.3 Å². The lowest BCUT2D eigenvalue weighted by Gasteiger charge is -2.49. The van der Waals surface area contributed by atoms with Crippen LogP contribution in [0.15, 0.2) is 54.7 Å². The summed E-state index contributed by atoms with van der Waals surface area (Å²) in [5.74, 6) is 4.21. The lowest BCUT2D eigenvalue weighted by molar-refractivity contribution is -0.0546. The topological polar surface area (TPSA) is 96.7 Å². The number of hydrogen-bond donors (Lipinski definition) is 2. The predicted octanol–water partition coefficient (Wildman–Crippen LogP) is 6.46. The van der Waals surface area contributed by atoms with Crippen LogP contribution in [0.4, 0.5) is 5.69 Å². The average Bonchev–Trinajstić information content (AvgIpc) is 3.29. The second-order valence-corrected chi connectivity index (χ2v) is 17.7. The zero-order valence-corrected chi connectivity index (χ0v) is 30.1. The highest BCUT2D eigenvalue weighted by atomic mass is 35.5. The van der Waals surface area contributed by atoms with Gasteiger partial charge in [-0.05, 0) is 116 Å². The molecule has 0 saturated heterocycles. The van der Waals surface area contributed by atoms with E-state index in [1.807, 2.05) is 51.2 Å². The third-order valence-electron chi connectivity index (χ3n) is 11.6. The van der Waals surface area contributed by atoms with Crippen LogP contribution in [0.2, 0.25) is 10.3 Å². The number of ether oxygens (including phenoxy) is 1. The Hall–Kier alpha value is -2.98. The quantitative estimate of drug-likeness (QED) is 0.222. The number of anilines is 1. The van der Waals surface area contributed by atoms with Crippen LogP contribution in [0.5, 0.6) is 5.75 Å². The molecule has 48 heavy (non-hydrogen) atoms. The van der Waals surface area contributed by atoms with Gasteiger partial charge in [0.2, 0.25) is 5.28 Å². The van der Waals surface area contributed by atoms with E-state index in [2.05, 4.69) is 32.6 Å². The molecule has 3 aromatic rings. The van der Waals surface area contributed by atoms with Crippen molar-refractivity contribution >= 4 is 50.4 Å². The molecule has 2 aliphatic carbocycles. The number of halogens is 2. The average molecular weight is 712 g/mol. The standard InChI is InChI=1S/C37H44Cl2N4O4S/c1-23-7-5-16-37(45,33-19-40-35(39)42(33)3)30-12-9-27(30)20-43-21-36(15-6-8-25-17-28(38)11-13-29(25)36)22-47-32-14-10-26(18-31(32)43)34(44)41-48(4,46)24(23)2/h5,10-11,13-14,16-19,23-24,27,30,45H,4,6-9,12,15,20-22H2,1-3H3,(H,41,44,46)/b16-5+/t23-,24+,27-,30+,36-,37-,48?/m0/s1. The van der Waals surface area contributed by atoms with Crippen molar-refractivity contribution in [2.75, 3.05) is 24.6 Å². The molecule has 2 aromatic carbocycles. The largest absolute Gasteiger partial charge is 0.490 e. The molecule has 3 heterocycles. The number of rotatable bonds is 1. The second kappa shape index (κ2) is 12.4. The highest BCUT2D eigenvalue weighted by Gasteiger charge is 2.50. The Balaban J connectivity index is 1.36. The number of carbonyl (C=O) groups excluding carboxylic acids is 1. The summed E-state index contributed by atoms with van der Waals surface area (Å²) in [6, 6.07) is 11.7. The number of amides is 1. The number of benzene rings is 2. The molecule has 2 N–H and O–H groups in total. The van der Waals surface area contributed by atoms with E-state index >= 15 is 0 Å². The number of nitrogens with zero attached hydrogens (tertiary/aromatic N) is 3. The number of aromatic nitrogens is 2. The third-order valence-corrected chi connectivity index (χ3v) is 14.4. The molecule has 1 aromatic heterocycles. The van der Waals surface area contributed by atoms with Gasteiger partial charge in [0.1, 0.15) is 11.4 Å². The van der Waals surface area contributed by atoms with E-state index in [1.54, 1.807) is 16.8 Å². The summed E-state index contributed by atoms with van der Waals surface area (Å²) in [7, 11) is -1.18. The Morgan fingerprint density at radius 2 is 1.98 bits per heavy atom. The van der Waals surface area contributed by atoms with Crippen LogP contribution in [-0.2, 0) is 34.2 Å². The molecule has 256 valence electrons. The van der Waals surface area contributed by atoms with Gasteiger partial charge < -0.3 is 19.3 Å². The van der Waals surface area contributed by atoms with Gasteiger partial charge in [-0.25, -0.2) is 9.19 Å². The lowest BCUT2D eigenvalue weighted by atomic mass is 9.63. The van der Waals surface area contributed by atoms with Crippen molar-refractivity contribution in [2.24, 2.45) is 24.8 Å². The highest BCUT2D eigenvalue weighted by molar-refractivity contribution is 7.99. The molecule has 4 aliphatic rings. The number of aryl methyl sites for hydroxylation is 1. The summed E-state index contributed by atoms with van der Waals surface area (Å²) in [4.78, 5) is 20.4. The molecular formula is C37H44Cl2N4O4S. The fraction of sp³-hybridized carbons (Fsp3) is 0.486. The van der Waals surface area contributed by atoms with Crippen LogP contribution in [-0.4, -0.2) is 55.6 Å². The zero-order chi connectivity index (χ0) is 34.0. The number of fused-ring (bicyclic) bond motifs is 4. The lowest BCUT2D eigenvalue weighted by Crippen LogP contribution is -2.52. The Kier molecular flexibility index (Phi) is 8.67. The fourth-order valence-electron chi connectivity index (χ4n) is 8.40. The number of allylic oxidation sites excluding steroid dienone is 1. The molecule has 1 amide bonds. The molecule has 7 atom stereocenters. The Morgan fingerprint density at radius 1 is 1.17 bits per heavy atom. The van der Waals surface area contributed by atoms with Crippen LogP contribution in [0.3, 0.4) is 0 Å². The molecule has 1 spiro atoms. The normalized spacial score (nSPS) is 34.2. The first-order valence-corrected chi connectivity index (χ1v) is 19.4. The van der Waals surface area contributed by atoms with Crippen molar-refractivity contribution in [1.29, 1.82) is 0 Å². The van der Waals surface area contributed by atoms with Gasteiger partial charge in [-0.3, -0.25) is 9.52 Å². The van der Waals surface area contributed by atoms with E-state index in [1.165, 1.54) is 11.1 Å². The van der Waals surface area contributed by atoms with E-state index in [0.29, 0.717) is 48.4 Å². The SMILES string of the molecule is C=S1(=O)NC(=O)c2ccc3c(c2)N(C[C@@H]2CC[C@H]2[C@](O)(c2cnc(Cl)n2C)/C=C/C[C@H](C)[C@H]1C)C[C@@]1(CCCc2cc(Cl)ccc21)CO3. The number of aliphatic hydroxyl groups is 1. The molecule has 1 unspecified atom stereocenters. The molecule has 7 rings (SSSR count). The molecule has 2 bridgehead atoms. The van der Waals surface area contributed by atoms with Crippen molar-refractivity contribution in [3.05, 3.63) is 87.4 Å². The fourth-order valence-corrected chi connectivity index (χ4v) is 10.2. The maximum atomic E-state index is 13.9. The first kappa shape index (κ1) is 33.5.